The standard InChI is InChI=1S/C29H39N7O8/c30-20(15-18-8-10-19(37)11-9-18)25(40)34-22(12-13-24(38)39)27(42)35-21(7-4-14-33-29(31)32)26(41)36-23(28(43)44)16-17-5-2-1-3-6-17/h1-3,5-6,8-11,20-23,37H,4,7,12-16,30H2,(H,34,40)(H,35,42)(H,36,41)(H,38,39)(H,43,44)(H4,31,32,33). The van der Waals surface area contributed by atoms with Crippen LogP contribution in [0.5, 0.6) is 5.75 Å². The van der Waals surface area contributed by atoms with Gasteiger partial charge in [0.2, 0.25) is 17.7 Å². The van der Waals surface area contributed by atoms with Crippen LogP contribution in [0.3, 0.4) is 0 Å². The van der Waals surface area contributed by atoms with Crippen LogP contribution >= 0.6 is 0 Å². The van der Waals surface area contributed by atoms with E-state index in [-0.39, 0.29) is 50.4 Å². The molecule has 0 spiro atoms. The number of nitrogens with two attached hydrogens (primary N) is 3. The SMILES string of the molecule is NC(N)=NCCCC(NC(=O)C(CCC(=O)O)NC(=O)C(N)Cc1ccc(O)cc1)C(=O)NC(Cc1ccccc1)C(=O)O. The Hall–Kier alpha value is -5.18. The quantitative estimate of drug-likeness (QED) is 0.0556. The molecule has 238 valence electrons. The second-order valence-electron chi connectivity index (χ2n) is 10.1. The molecule has 0 aliphatic carbocycles. The molecule has 0 radical (unpaired) electrons. The maximum absolute atomic E-state index is 13.3. The molecule has 0 aliphatic rings. The van der Waals surface area contributed by atoms with Crippen molar-refractivity contribution in [2.45, 2.75) is 62.7 Å². The molecule has 0 fully saturated rings. The highest BCUT2D eigenvalue weighted by molar-refractivity contribution is 5.94. The molecule has 0 saturated heterocycles. The van der Waals surface area contributed by atoms with Gasteiger partial charge in [0, 0.05) is 19.4 Å². The lowest BCUT2D eigenvalue weighted by atomic mass is 10.0. The van der Waals surface area contributed by atoms with E-state index in [1.807, 2.05) is 0 Å². The van der Waals surface area contributed by atoms with Crippen LogP contribution in [-0.4, -0.2) is 81.7 Å². The summed E-state index contributed by atoms with van der Waals surface area (Å²) in [7, 11) is 0. The Balaban J connectivity index is 2.19. The van der Waals surface area contributed by atoms with Gasteiger partial charge in [-0.2, -0.15) is 0 Å². The zero-order chi connectivity index (χ0) is 32.6. The van der Waals surface area contributed by atoms with Crippen molar-refractivity contribution in [3.63, 3.8) is 0 Å². The second-order valence-corrected chi connectivity index (χ2v) is 10.1. The number of aliphatic carboxylic acids is 2. The Morgan fingerprint density at radius 3 is 1.84 bits per heavy atom. The minimum Gasteiger partial charge on any atom is -0.508 e. The normalized spacial score (nSPS) is 13.4. The highest BCUT2D eigenvalue weighted by Gasteiger charge is 2.30. The molecule has 15 nitrogen and oxygen atoms in total. The summed E-state index contributed by atoms with van der Waals surface area (Å²) in [4.78, 5) is 66.5. The van der Waals surface area contributed by atoms with Crippen molar-refractivity contribution in [1.29, 1.82) is 0 Å². The molecule has 15 heteroatoms. The summed E-state index contributed by atoms with van der Waals surface area (Å²) >= 11 is 0. The van der Waals surface area contributed by atoms with E-state index in [0.29, 0.717) is 11.1 Å². The van der Waals surface area contributed by atoms with Gasteiger partial charge in [-0.1, -0.05) is 42.5 Å². The van der Waals surface area contributed by atoms with Gasteiger partial charge in [-0.25, -0.2) is 4.79 Å². The lowest BCUT2D eigenvalue weighted by Crippen LogP contribution is -2.57. The van der Waals surface area contributed by atoms with Crippen LogP contribution in [0.2, 0.25) is 0 Å². The first kappa shape index (κ1) is 35.0. The zero-order valence-electron chi connectivity index (χ0n) is 24.0. The number of hydrogen-bond acceptors (Lipinski definition) is 8. The molecular weight excluding hydrogens is 574 g/mol. The fraction of sp³-hybridized carbons (Fsp3) is 0.379. The zero-order valence-corrected chi connectivity index (χ0v) is 24.0. The molecule has 0 bridgehead atoms. The van der Waals surface area contributed by atoms with Gasteiger partial charge < -0.3 is 48.5 Å². The number of benzene rings is 2. The fourth-order valence-corrected chi connectivity index (χ4v) is 4.16. The van der Waals surface area contributed by atoms with Crippen LogP contribution in [0.25, 0.3) is 0 Å². The van der Waals surface area contributed by atoms with Gasteiger partial charge in [0.15, 0.2) is 5.96 Å². The average Bonchev–Trinajstić information content (AvgIpc) is 2.97. The van der Waals surface area contributed by atoms with Crippen molar-refractivity contribution in [2.24, 2.45) is 22.2 Å². The van der Waals surface area contributed by atoms with Crippen molar-refractivity contribution in [3.8, 4) is 5.75 Å². The predicted octanol–water partition coefficient (Wildman–Crippen LogP) is -1.04. The van der Waals surface area contributed by atoms with Crippen molar-refractivity contribution < 1.29 is 39.3 Å². The van der Waals surface area contributed by atoms with Crippen LogP contribution in [0.15, 0.2) is 59.6 Å². The van der Waals surface area contributed by atoms with Crippen molar-refractivity contribution in [3.05, 3.63) is 65.7 Å². The number of rotatable bonds is 18. The lowest BCUT2D eigenvalue weighted by Gasteiger charge is -2.25. The van der Waals surface area contributed by atoms with E-state index >= 15 is 0 Å². The molecule has 4 atom stereocenters. The topological polar surface area (TPSA) is 273 Å². The van der Waals surface area contributed by atoms with E-state index in [1.165, 1.54) is 12.1 Å². The average molecular weight is 614 g/mol. The summed E-state index contributed by atoms with van der Waals surface area (Å²) in [5, 5.41) is 35.8. The van der Waals surface area contributed by atoms with E-state index in [9.17, 15) is 39.3 Å². The van der Waals surface area contributed by atoms with Crippen LogP contribution in [-0.2, 0) is 36.8 Å². The summed E-state index contributed by atoms with van der Waals surface area (Å²) in [5.74, 6) is -5.07. The highest BCUT2D eigenvalue weighted by Crippen LogP contribution is 2.12. The van der Waals surface area contributed by atoms with E-state index < -0.39 is 60.2 Å². The first-order chi connectivity index (χ1) is 20.8. The molecule has 44 heavy (non-hydrogen) atoms. The first-order valence-electron chi connectivity index (χ1n) is 13.8. The number of aliphatic imine (C=N–C) groups is 1. The van der Waals surface area contributed by atoms with E-state index in [2.05, 4.69) is 20.9 Å². The molecule has 12 N–H and O–H groups in total. The second kappa shape index (κ2) is 17.7. The van der Waals surface area contributed by atoms with E-state index in [1.54, 1.807) is 42.5 Å². The van der Waals surface area contributed by atoms with E-state index in [4.69, 9.17) is 17.2 Å². The molecule has 0 aromatic heterocycles. The van der Waals surface area contributed by atoms with Gasteiger partial charge in [0.05, 0.1) is 6.04 Å². The first-order valence-corrected chi connectivity index (χ1v) is 13.8. The summed E-state index contributed by atoms with van der Waals surface area (Å²) < 4.78 is 0. The van der Waals surface area contributed by atoms with Crippen LogP contribution in [0.4, 0.5) is 0 Å². The number of carboxylic acid groups (broad SMARTS) is 2. The minimum atomic E-state index is -1.38. The van der Waals surface area contributed by atoms with Gasteiger partial charge in [0.1, 0.15) is 23.9 Å². The maximum atomic E-state index is 13.3. The van der Waals surface area contributed by atoms with Gasteiger partial charge >= 0.3 is 11.9 Å². The summed E-state index contributed by atoms with van der Waals surface area (Å²) in [6, 6.07) is 9.55. The predicted molar refractivity (Wildman–Crippen MR) is 160 cm³/mol. The molecule has 0 heterocycles. The Bertz CT molecular complexity index is 1300. The highest BCUT2D eigenvalue weighted by atomic mass is 16.4. The third kappa shape index (κ3) is 12.8. The largest absolute Gasteiger partial charge is 0.508 e. The van der Waals surface area contributed by atoms with Gasteiger partial charge in [0.25, 0.3) is 0 Å². The molecule has 2 aromatic rings. The van der Waals surface area contributed by atoms with Gasteiger partial charge in [-0.15, -0.1) is 0 Å². The number of phenols is 1. The number of aromatic hydroxyl groups is 1. The summed E-state index contributed by atoms with van der Waals surface area (Å²) in [5.41, 5.74) is 18.0. The Morgan fingerprint density at radius 1 is 0.727 bits per heavy atom. The maximum Gasteiger partial charge on any atom is 0.326 e. The number of amides is 3. The number of nitrogens with zero attached hydrogens (tertiary/aromatic N) is 1. The number of carbonyl (C=O) groups is 5. The van der Waals surface area contributed by atoms with Gasteiger partial charge in [-0.05, 0) is 48.9 Å². The number of carbonyl (C=O) groups excluding carboxylic acids is 3. The van der Waals surface area contributed by atoms with Crippen LogP contribution < -0.4 is 33.2 Å². The van der Waals surface area contributed by atoms with E-state index in [0.717, 1.165) is 0 Å². The Labute approximate surface area is 253 Å². The van der Waals surface area contributed by atoms with Crippen molar-refractivity contribution >= 4 is 35.6 Å². The molecule has 0 saturated carbocycles. The smallest absolute Gasteiger partial charge is 0.326 e. The van der Waals surface area contributed by atoms with Crippen LogP contribution in [0.1, 0.15) is 36.8 Å². The molecule has 0 aliphatic heterocycles. The lowest BCUT2D eigenvalue weighted by molar-refractivity contribution is -0.142. The molecule has 3 amide bonds. The monoisotopic (exact) mass is 613 g/mol. The van der Waals surface area contributed by atoms with Crippen LogP contribution in [0, 0.1) is 0 Å². The Kier molecular flexibility index (Phi) is 14.1. The van der Waals surface area contributed by atoms with Crippen molar-refractivity contribution in [2.75, 3.05) is 6.54 Å². The molecule has 2 aromatic carbocycles. The third-order valence-electron chi connectivity index (χ3n) is 6.48. The number of phenolic OH excluding ortho intramolecular Hbond substituents is 1. The minimum absolute atomic E-state index is 0.00794. The Morgan fingerprint density at radius 2 is 1.27 bits per heavy atom. The fourth-order valence-electron chi connectivity index (χ4n) is 4.16. The number of guanidine groups is 1. The van der Waals surface area contributed by atoms with Gasteiger partial charge in [-0.3, -0.25) is 24.2 Å². The third-order valence-corrected chi connectivity index (χ3v) is 6.48. The van der Waals surface area contributed by atoms with Crippen molar-refractivity contribution in [1.82, 2.24) is 16.0 Å². The number of hydrogen-bond donors (Lipinski definition) is 9. The molecule has 4 unspecified atom stereocenters. The number of carboxylic acids is 2. The molecule has 2 rings (SSSR count). The summed E-state index contributed by atoms with van der Waals surface area (Å²) in [6.07, 6.45) is -0.541. The summed E-state index contributed by atoms with van der Waals surface area (Å²) in [6.45, 7) is 0.111. The molecular formula is C29H39N7O8. The number of nitrogens with one attached hydrogen (secondary N) is 3.